The van der Waals surface area contributed by atoms with Crippen LogP contribution in [0.25, 0.3) is 0 Å². The average Bonchev–Trinajstić information content (AvgIpc) is 3.35. The van der Waals surface area contributed by atoms with Gasteiger partial charge in [-0.2, -0.15) is 0 Å². The fraction of sp³-hybridized carbons (Fsp3) is 0.529. The largest absolute Gasteiger partial charge is 0.468 e. The first-order chi connectivity index (χ1) is 22.4. The first-order valence-electron chi connectivity index (χ1n) is 16.0. The summed E-state index contributed by atoms with van der Waals surface area (Å²) in [6.45, 7) is 8.59. The number of fused-ring (bicyclic) bond motifs is 1. The van der Waals surface area contributed by atoms with E-state index in [1.54, 1.807) is 24.0 Å². The van der Waals surface area contributed by atoms with Crippen molar-refractivity contribution in [3.8, 4) is 0 Å². The monoisotopic (exact) mass is 653 g/mol. The van der Waals surface area contributed by atoms with Gasteiger partial charge < -0.3 is 29.7 Å². The lowest BCUT2D eigenvalue weighted by atomic mass is 9.83. The van der Waals surface area contributed by atoms with Crippen LogP contribution in [0, 0.1) is 5.82 Å². The number of piperazine rings is 1. The molecular weight excluding hydrogens is 609 g/mol. The third kappa shape index (κ3) is 7.58. The molecule has 0 saturated carbocycles. The molecule has 2 saturated heterocycles. The predicted molar refractivity (Wildman–Crippen MR) is 172 cm³/mol. The van der Waals surface area contributed by atoms with Gasteiger partial charge in [-0.1, -0.05) is 24.3 Å². The molecule has 2 aromatic carbocycles. The van der Waals surface area contributed by atoms with Crippen LogP contribution in [0.4, 0.5) is 14.9 Å². The first-order valence-corrected chi connectivity index (χ1v) is 16.0. The summed E-state index contributed by atoms with van der Waals surface area (Å²) in [7, 11) is 1.24. The Balaban J connectivity index is 1.42. The van der Waals surface area contributed by atoms with Gasteiger partial charge in [0.15, 0.2) is 0 Å². The van der Waals surface area contributed by atoms with Gasteiger partial charge in [-0.15, -0.1) is 0 Å². The second-order valence-corrected chi connectivity index (χ2v) is 13.0. The molecule has 13 heteroatoms. The van der Waals surface area contributed by atoms with E-state index in [1.165, 1.54) is 24.1 Å². The quantitative estimate of drug-likeness (QED) is 0.391. The number of rotatable bonds is 9. The van der Waals surface area contributed by atoms with Gasteiger partial charge in [-0.05, 0) is 62.1 Å². The van der Waals surface area contributed by atoms with Gasteiger partial charge in [-0.25, -0.2) is 9.18 Å². The van der Waals surface area contributed by atoms with E-state index in [1.807, 2.05) is 25.1 Å². The van der Waals surface area contributed by atoms with Crippen LogP contribution in [-0.2, 0) is 35.7 Å². The maximum atomic E-state index is 14.3. The molecule has 5 rings (SSSR count). The molecule has 3 aliphatic heterocycles. The van der Waals surface area contributed by atoms with Crippen molar-refractivity contribution in [3.63, 3.8) is 0 Å². The van der Waals surface area contributed by atoms with E-state index in [9.17, 15) is 28.7 Å². The highest BCUT2D eigenvalue weighted by atomic mass is 19.1. The zero-order chi connectivity index (χ0) is 33.9. The van der Waals surface area contributed by atoms with Gasteiger partial charge in [0.1, 0.15) is 12.4 Å². The molecule has 2 aromatic rings. The highest BCUT2D eigenvalue weighted by molar-refractivity contribution is 6.03. The lowest BCUT2D eigenvalue weighted by Crippen LogP contribution is -2.64. The predicted octanol–water partition coefficient (Wildman–Crippen LogP) is 2.08. The normalized spacial score (nSPS) is 24.9. The average molecular weight is 654 g/mol. The van der Waals surface area contributed by atoms with Gasteiger partial charge >= 0.3 is 12.1 Å². The number of nitrogens with one attached hydrogen (secondary N) is 1. The topological polar surface area (TPSA) is 132 Å². The number of ether oxygens (including phenoxy) is 2. The number of carboxylic acid groups (broad SMARTS) is 1. The molecule has 4 atom stereocenters. The molecule has 0 bridgehead atoms. The Bertz CT molecular complexity index is 1490. The molecule has 0 unspecified atom stereocenters. The third-order valence-electron chi connectivity index (χ3n) is 9.66. The van der Waals surface area contributed by atoms with Crippen LogP contribution in [0.15, 0.2) is 42.5 Å². The van der Waals surface area contributed by atoms with E-state index in [2.05, 4.69) is 22.0 Å². The van der Waals surface area contributed by atoms with Gasteiger partial charge in [0.2, 0.25) is 11.8 Å². The molecule has 3 aliphatic rings. The molecular formula is C34H44FN5O7. The number of anilines is 1. The molecule has 2 N–H and O–H groups in total. The molecule has 2 fully saturated rings. The van der Waals surface area contributed by atoms with Crippen LogP contribution in [0.2, 0.25) is 0 Å². The molecule has 3 heterocycles. The van der Waals surface area contributed by atoms with Gasteiger partial charge in [0, 0.05) is 56.5 Å². The highest BCUT2D eigenvalue weighted by Gasteiger charge is 2.47. The van der Waals surface area contributed by atoms with Gasteiger partial charge in [0.25, 0.3) is 0 Å². The number of methoxy groups -OCH3 is 1. The zero-order valence-electron chi connectivity index (χ0n) is 27.4. The van der Waals surface area contributed by atoms with E-state index < -0.39 is 23.4 Å². The van der Waals surface area contributed by atoms with Crippen molar-refractivity contribution in [2.45, 2.75) is 50.7 Å². The van der Waals surface area contributed by atoms with Crippen LogP contribution in [0.1, 0.15) is 37.5 Å². The van der Waals surface area contributed by atoms with E-state index in [0.29, 0.717) is 44.0 Å². The van der Waals surface area contributed by atoms with Crippen LogP contribution >= 0.6 is 0 Å². The fourth-order valence-electron chi connectivity index (χ4n) is 6.84. The Morgan fingerprint density at radius 1 is 1.04 bits per heavy atom. The molecule has 254 valence electrons. The van der Waals surface area contributed by atoms with E-state index in [4.69, 9.17) is 9.47 Å². The number of nitrogens with zero attached hydrogens (tertiary/aromatic N) is 4. The first kappa shape index (κ1) is 34.3. The minimum atomic E-state index is -1.15. The third-order valence-corrected chi connectivity index (χ3v) is 9.66. The fourth-order valence-corrected chi connectivity index (χ4v) is 6.84. The van der Waals surface area contributed by atoms with Crippen molar-refractivity contribution in [1.82, 2.24) is 20.0 Å². The number of morpholine rings is 1. The van der Waals surface area contributed by atoms with E-state index >= 15 is 0 Å². The molecule has 12 nitrogen and oxygen atoms in total. The minimum absolute atomic E-state index is 0.0304. The van der Waals surface area contributed by atoms with Gasteiger partial charge in [-0.3, -0.25) is 24.2 Å². The number of carbonyl (C=O) groups is 4. The maximum Gasteiger partial charge on any atom is 0.407 e. The highest BCUT2D eigenvalue weighted by Crippen LogP contribution is 2.42. The molecule has 0 radical (unpaired) electrons. The van der Waals surface area contributed by atoms with Crippen molar-refractivity contribution in [3.05, 3.63) is 65.0 Å². The lowest BCUT2D eigenvalue weighted by Gasteiger charge is -2.47. The van der Waals surface area contributed by atoms with Crippen molar-refractivity contribution < 1.29 is 38.1 Å². The summed E-state index contributed by atoms with van der Waals surface area (Å²) < 4.78 is 23.8. The number of halogens is 1. The Hall–Kier alpha value is -4.07. The van der Waals surface area contributed by atoms with Crippen molar-refractivity contribution in [2.24, 2.45) is 0 Å². The second-order valence-electron chi connectivity index (χ2n) is 13.0. The molecule has 47 heavy (non-hydrogen) atoms. The van der Waals surface area contributed by atoms with Crippen LogP contribution in [0.5, 0.6) is 0 Å². The summed E-state index contributed by atoms with van der Waals surface area (Å²) in [5.41, 5.74) is 1.88. The summed E-state index contributed by atoms with van der Waals surface area (Å²) in [6.07, 6.45) is -0.491. The van der Waals surface area contributed by atoms with Crippen LogP contribution < -0.4 is 10.2 Å². The van der Waals surface area contributed by atoms with Gasteiger partial charge in [0.05, 0.1) is 32.3 Å². The Morgan fingerprint density at radius 3 is 2.45 bits per heavy atom. The molecule has 0 aromatic heterocycles. The van der Waals surface area contributed by atoms with Crippen molar-refractivity contribution in [1.29, 1.82) is 0 Å². The van der Waals surface area contributed by atoms with Crippen LogP contribution in [-0.4, -0.2) is 128 Å². The Kier molecular flexibility index (Phi) is 10.5. The standard InChI is InChI=1S/C34H44FN5O7/c1-22-16-38(27(18-39(22)33(44)45)17-37-11-12-47-20-23(37)2)19-30(41)40-21-34(3,32(43)36-15-31(42)46-4)28-10-7-25(14-29(28)40)13-24-5-8-26(35)9-6-24/h5-10,14,22-23,27H,11-13,15-21H2,1-4H3,(H,36,43)(H,44,45)/t22-,23-,27+,34-/m1/s1. The SMILES string of the molecule is COC(=O)CNC(=O)[C@]1(C)CN(C(=O)CN2C[C@@H](C)N(C(=O)O)C[C@@H]2CN2CCOC[C@H]2C)c2cc(Cc3ccc(F)cc3)ccc21. The number of benzene rings is 2. The summed E-state index contributed by atoms with van der Waals surface area (Å²) in [4.78, 5) is 59.2. The Morgan fingerprint density at radius 2 is 1.77 bits per heavy atom. The van der Waals surface area contributed by atoms with E-state index in [-0.39, 0.29) is 56.0 Å². The lowest BCUT2D eigenvalue weighted by molar-refractivity contribution is -0.141. The molecule has 0 aliphatic carbocycles. The van der Waals surface area contributed by atoms with E-state index in [0.717, 1.165) is 17.7 Å². The number of amides is 3. The van der Waals surface area contributed by atoms with Crippen LogP contribution in [0.3, 0.4) is 0 Å². The summed E-state index contributed by atoms with van der Waals surface area (Å²) in [5, 5.41) is 12.6. The summed E-state index contributed by atoms with van der Waals surface area (Å²) >= 11 is 0. The zero-order valence-corrected chi connectivity index (χ0v) is 27.4. The van der Waals surface area contributed by atoms with Crippen molar-refractivity contribution in [2.75, 3.05) is 71.0 Å². The minimum Gasteiger partial charge on any atom is -0.468 e. The maximum absolute atomic E-state index is 14.3. The summed E-state index contributed by atoms with van der Waals surface area (Å²) in [5.74, 6) is -1.54. The molecule has 3 amide bonds. The Labute approximate surface area is 274 Å². The number of carbonyl (C=O) groups excluding carboxylic acids is 3. The number of hydrogen-bond acceptors (Lipinski definition) is 8. The smallest absolute Gasteiger partial charge is 0.407 e. The number of esters is 1. The second kappa shape index (κ2) is 14.4. The number of hydrogen-bond donors (Lipinski definition) is 2. The van der Waals surface area contributed by atoms with Crippen molar-refractivity contribution >= 4 is 29.6 Å². The molecule has 0 spiro atoms. The summed E-state index contributed by atoms with van der Waals surface area (Å²) in [6, 6.07) is 11.5.